The molecular weight excluding hydrogens is 168 g/mol. The summed E-state index contributed by atoms with van der Waals surface area (Å²) in [5.41, 5.74) is 0. The van der Waals surface area contributed by atoms with Gasteiger partial charge in [-0.2, -0.15) is 0 Å². The van der Waals surface area contributed by atoms with Gasteiger partial charge in [-0.3, -0.25) is 9.59 Å². The van der Waals surface area contributed by atoms with Gasteiger partial charge in [0.25, 0.3) is 0 Å². The summed E-state index contributed by atoms with van der Waals surface area (Å²) in [6, 6.07) is 0. The van der Waals surface area contributed by atoms with Crippen molar-refractivity contribution < 1.29 is 30.0 Å². The van der Waals surface area contributed by atoms with Crippen LogP contribution in [0.1, 0.15) is 13.8 Å². The van der Waals surface area contributed by atoms with Crippen molar-refractivity contribution in [1.29, 1.82) is 0 Å². The van der Waals surface area contributed by atoms with Crippen LogP contribution in [0.2, 0.25) is 0 Å². The van der Waals surface area contributed by atoms with Crippen LogP contribution in [0.3, 0.4) is 0 Å². The van der Waals surface area contributed by atoms with Gasteiger partial charge in [0.1, 0.15) is 0 Å². The fraction of sp³-hybridized carbons (Fsp3) is 0.667. The van der Waals surface area contributed by atoms with Crippen molar-refractivity contribution in [3.63, 3.8) is 0 Å². The lowest BCUT2D eigenvalue weighted by Gasteiger charge is -1.90. The minimum Gasteiger partial charge on any atom is -0.362 e. The molecule has 0 atom stereocenters. The Morgan fingerprint density at radius 2 is 0.917 bits per heavy atom. The van der Waals surface area contributed by atoms with E-state index >= 15 is 0 Å². The fourth-order valence-corrected chi connectivity index (χ4v) is 0. The van der Waals surface area contributed by atoms with Crippen molar-refractivity contribution in [2.24, 2.45) is 0 Å². The number of aliphatic hydroxyl groups is 4. The summed E-state index contributed by atoms with van der Waals surface area (Å²) < 4.78 is 0. The molecule has 0 amide bonds. The highest BCUT2D eigenvalue weighted by atomic mass is 16.5. The predicted octanol–water partition coefficient (Wildman–Crippen LogP) is -2.23. The van der Waals surface area contributed by atoms with Crippen LogP contribution in [0.15, 0.2) is 0 Å². The minimum atomic E-state index is -1.79. The van der Waals surface area contributed by atoms with Gasteiger partial charge in [0.15, 0.2) is 11.6 Å². The third kappa shape index (κ3) is 11.9. The summed E-state index contributed by atoms with van der Waals surface area (Å²) in [6.45, 7) is 2.20. The normalized spacial score (nSPS) is 9.33. The Hall–Kier alpha value is -0.820. The SMILES string of the molecule is CC(=O)C(O)O.CC(=O)C(O)O. The first-order valence-electron chi connectivity index (χ1n) is 3.02. The topological polar surface area (TPSA) is 115 Å². The molecule has 0 fully saturated rings. The molecule has 6 heteroatoms. The van der Waals surface area contributed by atoms with Gasteiger partial charge in [0.2, 0.25) is 12.6 Å². The molecule has 0 unspecified atom stereocenters. The van der Waals surface area contributed by atoms with Crippen LogP contribution < -0.4 is 0 Å². The zero-order chi connectivity index (χ0) is 10.3. The second-order valence-corrected chi connectivity index (χ2v) is 1.97. The van der Waals surface area contributed by atoms with Crippen molar-refractivity contribution in [2.45, 2.75) is 26.4 Å². The highest BCUT2D eigenvalue weighted by Crippen LogP contribution is 1.72. The van der Waals surface area contributed by atoms with Crippen molar-refractivity contribution in [2.75, 3.05) is 0 Å². The van der Waals surface area contributed by atoms with Gasteiger partial charge in [-0.15, -0.1) is 0 Å². The maximum Gasteiger partial charge on any atom is 0.212 e. The average molecular weight is 180 g/mol. The third-order valence-electron chi connectivity index (χ3n) is 0.727. The molecule has 0 rings (SSSR count). The van der Waals surface area contributed by atoms with Crippen LogP contribution in [0, 0.1) is 0 Å². The zero-order valence-electron chi connectivity index (χ0n) is 6.76. The molecule has 0 aromatic rings. The second kappa shape index (κ2) is 6.86. The Labute approximate surface area is 69.1 Å². The number of carbonyl (C=O) groups is 2. The van der Waals surface area contributed by atoms with Crippen molar-refractivity contribution in [1.82, 2.24) is 0 Å². The van der Waals surface area contributed by atoms with Crippen LogP contribution in [-0.2, 0) is 9.59 Å². The number of carbonyl (C=O) groups excluding carboxylic acids is 2. The van der Waals surface area contributed by atoms with E-state index in [0.717, 1.165) is 13.8 Å². The van der Waals surface area contributed by atoms with Gasteiger partial charge in [0.05, 0.1) is 0 Å². The fourth-order valence-electron chi connectivity index (χ4n) is 0. The van der Waals surface area contributed by atoms with Crippen LogP contribution in [0.5, 0.6) is 0 Å². The van der Waals surface area contributed by atoms with E-state index in [1.54, 1.807) is 0 Å². The molecule has 6 nitrogen and oxygen atoms in total. The monoisotopic (exact) mass is 180 g/mol. The molecule has 0 heterocycles. The van der Waals surface area contributed by atoms with E-state index in [0.29, 0.717) is 0 Å². The Bertz CT molecular complexity index is 132. The van der Waals surface area contributed by atoms with E-state index in [9.17, 15) is 9.59 Å². The second-order valence-electron chi connectivity index (χ2n) is 1.97. The third-order valence-corrected chi connectivity index (χ3v) is 0.727. The molecule has 0 aliphatic heterocycles. The van der Waals surface area contributed by atoms with Crippen molar-refractivity contribution in [3.05, 3.63) is 0 Å². The Morgan fingerprint density at radius 3 is 0.917 bits per heavy atom. The first kappa shape index (κ1) is 13.7. The molecule has 0 aliphatic rings. The van der Waals surface area contributed by atoms with E-state index in [4.69, 9.17) is 20.4 Å². The summed E-state index contributed by atoms with van der Waals surface area (Å²) >= 11 is 0. The smallest absolute Gasteiger partial charge is 0.212 e. The maximum atomic E-state index is 9.64. The first-order valence-corrected chi connectivity index (χ1v) is 3.02. The minimum absolute atomic E-state index is 0.630. The lowest BCUT2D eigenvalue weighted by atomic mass is 10.4. The van der Waals surface area contributed by atoms with Crippen molar-refractivity contribution in [3.8, 4) is 0 Å². The number of Topliss-reactive ketones (excluding diaryl/α,β-unsaturated/α-hetero) is 2. The maximum absolute atomic E-state index is 9.64. The molecule has 12 heavy (non-hydrogen) atoms. The molecule has 0 aromatic heterocycles. The quantitative estimate of drug-likeness (QED) is 0.357. The largest absolute Gasteiger partial charge is 0.362 e. The summed E-state index contributed by atoms with van der Waals surface area (Å²) in [5.74, 6) is -1.26. The van der Waals surface area contributed by atoms with Crippen molar-refractivity contribution >= 4 is 11.6 Å². The Kier molecular flexibility index (Phi) is 7.86. The van der Waals surface area contributed by atoms with E-state index in [1.807, 2.05) is 0 Å². The van der Waals surface area contributed by atoms with E-state index in [1.165, 1.54) is 0 Å². The average Bonchev–Trinajstić information content (AvgIpc) is 1.88. The molecule has 0 saturated heterocycles. The van der Waals surface area contributed by atoms with Gasteiger partial charge in [-0.05, 0) is 13.8 Å². The van der Waals surface area contributed by atoms with Gasteiger partial charge in [-0.1, -0.05) is 0 Å². The molecule has 0 saturated carbocycles. The number of aliphatic hydroxyl groups excluding tert-OH is 2. The van der Waals surface area contributed by atoms with Gasteiger partial charge < -0.3 is 20.4 Å². The summed E-state index contributed by atoms with van der Waals surface area (Å²) in [5, 5.41) is 31.3. The van der Waals surface area contributed by atoms with Crippen LogP contribution in [0.25, 0.3) is 0 Å². The summed E-state index contributed by atoms with van der Waals surface area (Å²) in [4.78, 5) is 19.3. The Morgan fingerprint density at radius 1 is 0.833 bits per heavy atom. The zero-order valence-corrected chi connectivity index (χ0v) is 6.76. The molecule has 0 radical (unpaired) electrons. The summed E-state index contributed by atoms with van der Waals surface area (Å²) in [6.07, 6.45) is -3.57. The molecule has 4 N–H and O–H groups in total. The number of rotatable bonds is 2. The number of ketones is 2. The Balaban J connectivity index is 0. The van der Waals surface area contributed by atoms with Gasteiger partial charge in [0, 0.05) is 0 Å². The van der Waals surface area contributed by atoms with E-state index in [2.05, 4.69) is 0 Å². The van der Waals surface area contributed by atoms with Crippen LogP contribution in [-0.4, -0.2) is 44.6 Å². The highest BCUT2D eigenvalue weighted by molar-refractivity contribution is 5.78. The molecule has 0 bridgehead atoms. The number of hydrogen-bond donors (Lipinski definition) is 4. The standard InChI is InChI=1S/2C3H6O3/c2*1-2(4)3(5)6/h2*3,5-6H,1H3. The molecular formula is C6H12O6. The number of hydrogen-bond acceptors (Lipinski definition) is 6. The predicted molar refractivity (Wildman–Crippen MR) is 37.8 cm³/mol. The molecule has 72 valence electrons. The van der Waals surface area contributed by atoms with Crippen LogP contribution in [0.4, 0.5) is 0 Å². The van der Waals surface area contributed by atoms with Crippen LogP contribution >= 0.6 is 0 Å². The molecule has 0 spiro atoms. The van der Waals surface area contributed by atoms with E-state index < -0.39 is 24.1 Å². The van der Waals surface area contributed by atoms with Gasteiger partial charge >= 0.3 is 0 Å². The summed E-state index contributed by atoms with van der Waals surface area (Å²) in [7, 11) is 0. The highest BCUT2D eigenvalue weighted by Gasteiger charge is 1.99. The lowest BCUT2D eigenvalue weighted by molar-refractivity contribution is -0.142. The first-order chi connectivity index (χ1) is 5.29. The van der Waals surface area contributed by atoms with E-state index in [-0.39, 0.29) is 0 Å². The molecule has 0 aliphatic carbocycles. The lowest BCUT2D eigenvalue weighted by Crippen LogP contribution is -2.14. The molecule has 0 aromatic carbocycles. The van der Waals surface area contributed by atoms with Gasteiger partial charge in [-0.25, -0.2) is 0 Å².